The molecule has 0 saturated carbocycles. The predicted octanol–water partition coefficient (Wildman–Crippen LogP) is 2.29. The van der Waals surface area contributed by atoms with Crippen molar-refractivity contribution in [3.63, 3.8) is 0 Å². The number of nitrogens with two attached hydrogens (primary N) is 1. The second kappa shape index (κ2) is 4.53. The van der Waals surface area contributed by atoms with Gasteiger partial charge in [0.2, 0.25) is 0 Å². The Kier molecular flexibility index (Phi) is 3.58. The Bertz CT molecular complexity index is 329. The quantitative estimate of drug-likeness (QED) is 0.827. The zero-order valence-corrected chi connectivity index (χ0v) is 9.83. The summed E-state index contributed by atoms with van der Waals surface area (Å²) in [6.07, 6.45) is 0. The first-order valence-corrected chi connectivity index (χ1v) is 5.09. The van der Waals surface area contributed by atoms with Crippen molar-refractivity contribution in [1.29, 1.82) is 0 Å². The molecule has 0 fully saturated rings. The average molecular weight is 209 g/mol. The van der Waals surface area contributed by atoms with Crippen LogP contribution in [-0.4, -0.2) is 13.7 Å². The van der Waals surface area contributed by atoms with Crippen molar-refractivity contribution >= 4 is 0 Å². The molecule has 0 atom stereocenters. The van der Waals surface area contributed by atoms with Crippen LogP contribution in [0.5, 0.6) is 11.5 Å². The van der Waals surface area contributed by atoms with Crippen molar-refractivity contribution < 1.29 is 9.47 Å². The number of para-hydroxylation sites is 1. The Balaban J connectivity index is 3.25. The molecule has 3 nitrogen and oxygen atoms in total. The minimum absolute atomic E-state index is 0.432. The summed E-state index contributed by atoms with van der Waals surface area (Å²) in [6.45, 7) is 6.44. The Morgan fingerprint density at radius 1 is 1.33 bits per heavy atom. The summed E-state index contributed by atoms with van der Waals surface area (Å²) < 4.78 is 10.8. The third-order valence-electron chi connectivity index (χ3n) is 2.18. The zero-order valence-electron chi connectivity index (χ0n) is 9.83. The van der Waals surface area contributed by atoms with E-state index in [1.165, 1.54) is 0 Å². The van der Waals surface area contributed by atoms with Gasteiger partial charge in [-0.15, -0.1) is 0 Å². The lowest BCUT2D eigenvalue weighted by Gasteiger charge is -2.23. The molecule has 3 heteroatoms. The number of methoxy groups -OCH3 is 1. The van der Waals surface area contributed by atoms with Crippen LogP contribution in [0.2, 0.25) is 0 Å². The van der Waals surface area contributed by atoms with Gasteiger partial charge in [-0.05, 0) is 26.8 Å². The third kappa shape index (κ3) is 2.63. The smallest absolute Gasteiger partial charge is 0.166 e. The van der Waals surface area contributed by atoms with Gasteiger partial charge in [0.25, 0.3) is 0 Å². The molecular formula is C12H19NO2. The molecule has 0 aliphatic carbocycles. The summed E-state index contributed by atoms with van der Waals surface area (Å²) in [5.74, 6) is 1.47. The largest absolute Gasteiger partial charge is 0.493 e. The van der Waals surface area contributed by atoms with Gasteiger partial charge >= 0.3 is 0 Å². The van der Waals surface area contributed by atoms with E-state index in [1.54, 1.807) is 7.11 Å². The van der Waals surface area contributed by atoms with E-state index in [9.17, 15) is 0 Å². The van der Waals surface area contributed by atoms with Gasteiger partial charge in [-0.1, -0.05) is 12.1 Å². The molecule has 0 amide bonds. The highest BCUT2D eigenvalue weighted by Gasteiger charge is 2.21. The Morgan fingerprint density at radius 3 is 2.47 bits per heavy atom. The molecule has 2 N–H and O–H groups in total. The molecule has 0 bridgehead atoms. The Morgan fingerprint density at radius 2 is 2.00 bits per heavy atom. The molecule has 0 aliphatic rings. The van der Waals surface area contributed by atoms with E-state index < -0.39 is 5.54 Å². The molecule has 0 heterocycles. The van der Waals surface area contributed by atoms with Crippen LogP contribution >= 0.6 is 0 Å². The van der Waals surface area contributed by atoms with Crippen molar-refractivity contribution in [3.8, 4) is 11.5 Å². The summed E-state index contributed by atoms with van der Waals surface area (Å²) >= 11 is 0. The van der Waals surface area contributed by atoms with Gasteiger partial charge in [0.1, 0.15) is 0 Å². The normalized spacial score (nSPS) is 11.3. The molecule has 0 aromatic heterocycles. The molecule has 0 aliphatic heterocycles. The van der Waals surface area contributed by atoms with Gasteiger partial charge < -0.3 is 15.2 Å². The number of hydrogen-bond donors (Lipinski definition) is 1. The summed E-state index contributed by atoms with van der Waals surface area (Å²) in [5, 5.41) is 0. The maximum Gasteiger partial charge on any atom is 0.166 e. The Hall–Kier alpha value is -1.22. The third-order valence-corrected chi connectivity index (χ3v) is 2.18. The van der Waals surface area contributed by atoms with Gasteiger partial charge in [0, 0.05) is 11.1 Å². The first kappa shape index (κ1) is 11.9. The maximum absolute atomic E-state index is 6.08. The molecule has 15 heavy (non-hydrogen) atoms. The molecule has 1 rings (SSSR count). The minimum atomic E-state index is -0.432. The maximum atomic E-state index is 6.08. The molecule has 0 radical (unpaired) electrons. The first-order valence-electron chi connectivity index (χ1n) is 5.09. The van der Waals surface area contributed by atoms with Crippen LogP contribution in [0.25, 0.3) is 0 Å². The van der Waals surface area contributed by atoms with E-state index in [0.717, 1.165) is 17.1 Å². The van der Waals surface area contributed by atoms with Gasteiger partial charge in [-0.25, -0.2) is 0 Å². The van der Waals surface area contributed by atoms with Gasteiger partial charge in [-0.3, -0.25) is 0 Å². The van der Waals surface area contributed by atoms with Crippen molar-refractivity contribution in [1.82, 2.24) is 0 Å². The van der Waals surface area contributed by atoms with Gasteiger partial charge in [0.05, 0.1) is 13.7 Å². The summed E-state index contributed by atoms with van der Waals surface area (Å²) in [6, 6.07) is 5.76. The molecule has 1 aromatic rings. The molecular weight excluding hydrogens is 190 g/mol. The van der Waals surface area contributed by atoms with Crippen molar-refractivity contribution in [3.05, 3.63) is 23.8 Å². The van der Waals surface area contributed by atoms with Crippen molar-refractivity contribution in [2.45, 2.75) is 26.3 Å². The number of benzene rings is 1. The van der Waals surface area contributed by atoms with E-state index in [2.05, 4.69) is 0 Å². The first-order chi connectivity index (χ1) is 7.00. The standard InChI is InChI=1S/C12H19NO2/c1-5-15-11-9(12(2,3)13)7-6-8-10(11)14-4/h6-8H,5,13H2,1-4H3. The second-order valence-electron chi connectivity index (χ2n) is 3.99. The summed E-state index contributed by atoms with van der Waals surface area (Å²) in [7, 11) is 1.63. The lowest BCUT2D eigenvalue weighted by molar-refractivity contribution is 0.301. The SMILES string of the molecule is CCOc1c(OC)cccc1C(C)(C)N. The van der Waals surface area contributed by atoms with Gasteiger partial charge in [-0.2, -0.15) is 0 Å². The van der Waals surface area contributed by atoms with E-state index in [-0.39, 0.29) is 0 Å². The highest BCUT2D eigenvalue weighted by atomic mass is 16.5. The van der Waals surface area contributed by atoms with E-state index >= 15 is 0 Å². The molecule has 0 unspecified atom stereocenters. The van der Waals surface area contributed by atoms with Crippen LogP contribution in [0.1, 0.15) is 26.3 Å². The zero-order chi connectivity index (χ0) is 11.5. The van der Waals surface area contributed by atoms with Gasteiger partial charge in [0.15, 0.2) is 11.5 Å². The molecule has 84 valence electrons. The van der Waals surface area contributed by atoms with E-state index in [4.69, 9.17) is 15.2 Å². The predicted molar refractivity (Wildman–Crippen MR) is 61.4 cm³/mol. The highest BCUT2D eigenvalue weighted by molar-refractivity contribution is 5.49. The fraction of sp³-hybridized carbons (Fsp3) is 0.500. The van der Waals surface area contributed by atoms with Crippen LogP contribution < -0.4 is 15.2 Å². The number of rotatable bonds is 4. The molecule has 0 saturated heterocycles. The molecule has 1 aromatic carbocycles. The highest BCUT2D eigenvalue weighted by Crippen LogP contribution is 2.36. The Labute approximate surface area is 91.2 Å². The summed E-state index contributed by atoms with van der Waals surface area (Å²) in [5.41, 5.74) is 6.61. The number of hydrogen-bond acceptors (Lipinski definition) is 3. The second-order valence-corrected chi connectivity index (χ2v) is 3.99. The minimum Gasteiger partial charge on any atom is -0.493 e. The fourth-order valence-electron chi connectivity index (χ4n) is 1.48. The fourth-order valence-corrected chi connectivity index (χ4v) is 1.48. The van der Waals surface area contributed by atoms with E-state index in [0.29, 0.717) is 6.61 Å². The molecule has 0 spiro atoms. The lowest BCUT2D eigenvalue weighted by atomic mass is 9.94. The van der Waals surface area contributed by atoms with Crippen LogP contribution in [0, 0.1) is 0 Å². The van der Waals surface area contributed by atoms with Crippen LogP contribution in [0.4, 0.5) is 0 Å². The van der Waals surface area contributed by atoms with Crippen molar-refractivity contribution in [2.75, 3.05) is 13.7 Å². The van der Waals surface area contributed by atoms with Crippen LogP contribution in [-0.2, 0) is 5.54 Å². The topological polar surface area (TPSA) is 44.5 Å². The lowest BCUT2D eigenvalue weighted by Crippen LogP contribution is -2.29. The van der Waals surface area contributed by atoms with Crippen molar-refractivity contribution in [2.24, 2.45) is 5.73 Å². The number of ether oxygens (including phenoxy) is 2. The van der Waals surface area contributed by atoms with Crippen LogP contribution in [0.15, 0.2) is 18.2 Å². The van der Waals surface area contributed by atoms with E-state index in [1.807, 2.05) is 39.0 Å². The average Bonchev–Trinajstić information content (AvgIpc) is 2.17. The summed E-state index contributed by atoms with van der Waals surface area (Å²) in [4.78, 5) is 0. The monoisotopic (exact) mass is 209 g/mol. The van der Waals surface area contributed by atoms with Crippen LogP contribution in [0.3, 0.4) is 0 Å².